The molecule has 0 bridgehead atoms. The van der Waals surface area contributed by atoms with E-state index in [9.17, 15) is 0 Å². The number of thiophene rings is 1. The van der Waals surface area contributed by atoms with Gasteiger partial charge in [0.25, 0.3) is 0 Å². The van der Waals surface area contributed by atoms with E-state index < -0.39 is 8.07 Å². The van der Waals surface area contributed by atoms with Gasteiger partial charge >= 0.3 is 0 Å². The summed E-state index contributed by atoms with van der Waals surface area (Å²) in [5.74, 6) is 0. The van der Waals surface area contributed by atoms with Crippen LogP contribution in [0.3, 0.4) is 0 Å². The second kappa shape index (κ2) is 5.79. The van der Waals surface area contributed by atoms with Crippen molar-refractivity contribution in [2.45, 2.75) is 26.6 Å². The zero-order valence-corrected chi connectivity index (χ0v) is 17.4. The summed E-state index contributed by atoms with van der Waals surface area (Å²) in [4.78, 5) is 0. The molecule has 1 nitrogen and oxygen atoms in total. The Balaban J connectivity index is 2.09. The first-order valence-electron chi connectivity index (χ1n) is 8.77. The van der Waals surface area contributed by atoms with Crippen molar-refractivity contribution >= 4 is 44.8 Å². The topological polar surface area (TPSA) is 3.88 Å². The van der Waals surface area contributed by atoms with E-state index in [0.29, 0.717) is 0 Å². The van der Waals surface area contributed by atoms with Gasteiger partial charge in [-0.25, -0.2) is 4.57 Å². The van der Waals surface area contributed by atoms with Gasteiger partial charge in [0, 0.05) is 32.3 Å². The number of rotatable bonds is 2. The van der Waals surface area contributed by atoms with Crippen LogP contribution in [-0.2, 0) is 7.05 Å². The molecule has 0 aliphatic carbocycles. The quantitative estimate of drug-likeness (QED) is 0.332. The molecule has 0 fully saturated rings. The molecule has 0 aliphatic rings. The van der Waals surface area contributed by atoms with Gasteiger partial charge in [0.2, 0.25) is 5.69 Å². The van der Waals surface area contributed by atoms with Crippen LogP contribution in [0.2, 0.25) is 19.6 Å². The Morgan fingerprint density at radius 3 is 2.44 bits per heavy atom. The third-order valence-corrected chi connectivity index (χ3v) is 8.27. The average Bonchev–Trinajstić information content (AvgIpc) is 2.93. The highest BCUT2D eigenvalue weighted by Crippen LogP contribution is 2.40. The molecule has 4 rings (SSSR count). The molecule has 2 heterocycles. The zero-order valence-electron chi connectivity index (χ0n) is 15.6. The lowest BCUT2D eigenvalue weighted by atomic mass is 10.0. The molecule has 0 amide bonds. The average molecular weight is 363 g/mol. The van der Waals surface area contributed by atoms with Crippen molar-refractivity contribution in [2.75, 3.05) is 0 Å². The predicted molar refractivity (Wildman–Crippen MR) is 114 cm³/mol. The normalized spacial score (nSPS) is 12.2. The summed E-state index contributed by atoms with van der Waals surface area (Å²) in [5, 5.41) is 4.26. The summed E-state index contributed by atoms with van der Waals surface area (Å²) in [6, 6.07) is 18.0. The van der Waals surface area contributed by atoms with Gasteiger partial charge in [-0.05, 0) is 23.7 Å². The Morgan fingerprint density at radius 1 is 0.920 bits per heavy atom. The van der Waals surface area contributed by atoms with Crippen LogP contribution in [0.4, 0.5) is 0 Å². The molecule has 0 atom stereocenters. The molecule has 0 saturated heterocycles. The predicted octanol–water partition coefficient (Wildman–Crippen LogP) is 5.40. The molecular formula is C22H24NSSi+. The van der Waals surface area contributed by atoms with Gasteiger partial charge in [0.15, 0.2) is 6.20 Å². The number of pyridine rings is 1. The highest BCUT2D eigenvalue weighted by atomic mass is 32.1. The molecule has 25 heavy (non-hydrogen) atoms. The lowest BCUT2D eigenvalue weighted by Gasteiger charge is -2.17. The SMILES string of the molecule is Cc1ccc2c(sc3ccccc32)c1-c1cc([Si](C)(C)C)cc[n+]1C. The van der Waals surface area contributed by atoms with E-state index in [-0.39, 0.29) is 0 Å². The van der Waals surface area contributed by atoms with Crippen LogP contribution >= 0.6 is 11.3 Å². The molecule has 4 aromatic rings. The van der Waals surface area contributed by atoms with E-state index in [4.69, 9.17) is 0 Å². The van der Waals surface area contributed by atoms with E-state index in [2.05, 4.69) is 92.9 Å². The van der Waals surface area contributed by atoms with Gasteiger partial charge < -0.3 is 0 Å². The van der Waals surface area contributed by atoms with E-state index >= 15 is 0 Å². The lowest BCUT2D eigenvalue weighted by molar-refractivity contribution is -0.660. The van der Waals surface area contributed by atoms with Crippen molar-refractivity contribution in [2.24, 2.45) is 7.05 Å². The minimum Gasteiger partial charge on any atom is -0.201 e. The van der Waals surface area contributed by atoms with Gasteiger partial charge in [-0.2, -0.15) is 0 Å². The summed E-state index contributed by atoms with van der Waals surface area (Å²) >= 11 is 1.92. The van der Waals surface area contributed by atoms with E-state index in [1.165, 1.54) is 42.2 Å². The lowest BCUT2D eigenvalue weighted by Crippen LogP contribution is -2.42. The van der Waals surface area contributed by atoms with E-state index in [0.717, 1.165) is 0 Å². The fraction of sp³-hybridized carbons (Fsp3) is 0.227. The number of benzene rings is 2. The van der Waals surface area contributed by atoms with Crippen molar-refractivity contribution in [1.29, 1.82) is 0 Å². The number of aromatic nitrogens is 1. The second-order valence-electron chi connectivity index (χ2n) is 7.89. The van der Waals surface area contributed by atoms with Crippen LogP contribution in [0.15, 0.2) is 54.7 Å². The number of aryl methyl sites for hydroxylation is 2. The Morgan fingerprint density at radius 2 is 1.68 bits per heavy atom. The largest absolute Gasteiger partial charge is 0.213 e. The Bertz CT molecular complexity index is 1100. The molecule has 3 heteroatoms. The molecule has 0 unspecified atom stereocenters. The molecule has 0 aliphatic heterocycles. The van der Waals surface area contributed by atoms with Crippen LogP contribution in [-0.4, -0.2) is 8.07 Å². The van der Waals surface area contributed by atoms with Crippen molar-refractivity contribution in [3.63, 3.8) is 0 Å². The van der Waals surface area contributed by atoms with E-state index in [1.807, 2.05) is 11.3 Å². The van der Waals surface area contributed by atoms with Gasteiger partial charge in [0.1, 0.15) is 7.05 Å². The minimum absolute atomic E-state index is 1.33. The van der Waals surface area contributed by atoms with Crippen molar-refractivity contribution < 1.29 is 4.57 Å². The maximum atomic E-state index is 2.43. The smallest absolute Gasteiger partial charge is 0.201 e. The third-order valence-electron chi connectivity index (χ3n) is 5.03. The van der Waals surface area contributed by atoms with Crippen molar-refractivity contribution in [3.8, 4) is 11.3 Å². The highest BCUT2D eigenvalue weighted by Gasteiger charge is 2.23. The summed E-state index contributed by atoms with van der Waals surface area (Å²) in [6.07, 6.45) is 2.23. The monoisotopic (exact) mass is 362 g/mol. The van der Waals surface area contributed by atoms with Gasteiger partial charge in [-0.15, -0.1) is 11.3 Å². The van der Waals surface area contributed by atoms with Crippen LogP contribution in [0.25, 0.3) is 31.4 Å². The molecule has 2 aromatic carbocycles. The standard InChI is InChI=1S/C22H24NSSi/c1-15-10-11-18-17-8-6-7-9-20(17)24-22(18)21(15)19-14-16(25(3,4)5)12-13-23(19)2/h6-14H,1-5H3/q+1. The minimum atomic E-state index is -1.35. The van der Waals surface area contributed by atoms with Crippen molar-refractivity contribution in [1.82, 2.24) is 0 Å². The summed E-state index contributed by atoms with van der Waals surface area (Å²) in [6.45, 7) is 9.48. The zero-order chi connectivity index (χ0) is 17.8. The van der Waals surface area contributed by atoms with Gasteiger partial charge in [0.05, 0.1) is 13.6 Å². The number of nitrogens with zero attached hydrogens (tertiary/aromatic N) is 1. The number of hydrogen-bond donors (Lipinski definition) is 0. The highest BCUT2D eigenvalue weighted by molar-refractivity contribution is 7.26. The molecule has 0 N–H and O–H groups in total. The maximum absolute atomic E-state index is 2.43. The van der Waals surface area contributed by atoms with E-state index in [1.54, 1.807) is 0 Å². The summed E-state index contributed by atoms with van der Waals surface area (Å²) in [7, 11) is 0.814. The Kier molecular flexibility index (Phi) is 3.82. The van der Waals surface area contributed by atoms with Crippen LogP contribution < -0.4 is 9.75 Å². The first-order valence-corrected chi connectivity index (χ1v) is 13.1. The molecule has 2 aromatic heterocycles. The molecule has 0 spiro atoms. The summed E-state index contributed by atoms with van der Waals surface area (Å²) < 4.78 is 5.05. The Hall–Kier alpha value is -1.97. The first-order chi connectivity index (χ1) is 11.9. The summed E-state index contributed by atoms with van der Waals surface area (Å²) in [5.41, 5.74) is 4.07. The van der Waals surface area contributed by atoms with Crippen LogP contribution in [0.1, 0.15) is 5.56 Å². The van der Waals surface area contributed by atoms with Crippen molar-refractivity contribution in [3.05, 3.63) is 60.3 Å². The second-order valence-corrected chi connectivity index (χ2v) is 14.0. The molecule has 0 saturated carbocycles. The molecule has 126 valence electrons. The van der Waals surface area contributed by atoms with Crippen LogP contribution in [0.5, 0.6) is 0 Å². The van der Waals surface area contributed by atoms with Gasteiger partial charge in [-0.1, -0.05) is 50.0 Å². The van der Waals surface area contributed by atoms with Gasteiger partial charge in [-0.3, -0.25) is 0 Å². The first kappa shape index (κ1) is 16.5. The van der Waals surface area contributed by atoms with Crippen LogP contribution in [0, 0.1) is 6.92 Å². The third kappa shape index (κ3) is 2.72. The molecular weight excluding hydrogens is 338 g/mol. The number of fused-ring (bicyclic) bond motifs is 3. The fourth-order valence-electron chi connectivity index (χ4n) is 3.49. The number of hydrogen-bond acceptors (Lipinski definition) is 1. The fourth-order valence-corrected chi connectivity index (χ4v) is 5.94. The maximum Gasteiger partial charge on any atom is 0.213 e. The Labute approximate surface area is 154 Å². The molecule has 0 radical (unpaired) electrons.